The van der Waals surface area contributed by atoms with Crippen LogP contribution in [0, 0.1) is 29.1 Å². The van der Waals surface area contributed by atoms with Gasteiger partial charge in [0.25, 0.3) is 0 Å². The third-order valence-corrected chi connectivity index (χ3v) is 7.27. The summed E-state index contributed by atoms with van der Waals surface area (Å²) in [6.07, 6.45) is 8.43. The van der Waals surface area contributed by atoms with Crippen molar-refractivity contribution in [3.63, 3.8) is 0 Å². The minimum Gasteiger partial charge on any atom is -0.392 e. The molecule has 4 aliphatic carbocycles. The zero-order valence-electron chi connectivity index (χ0n) is 13.5. The van der Waals surface area contributed by atoms with Crippen LogP contribution in [0.2, 0.25) is 0 Å². The van der Waals surface area contributed by atoms with Crippen LogP contribution in [0.15, 0.2) is 5.38 Å². The molecule has 1 heterocycles. The van der Waals surface area contributed by atoms with E-state index >= 15 is 0 Å². The number of rotatable bonds is 3. The SMILES string of the molecule is Cc1nc(CC(O)C23CC4CC(C)(CC(C)(C4)C2)C3)cs1. The molecule has 0 amide bonds. The van der Waals surface area contributed by atoms with Crippen LogP contribution in [0.25, 0.3) is 0 Å². The monoisotopic (exact) mass is 305 g/mol. The summed E-state index contributed by atoms with van der Waals surface area (Å²) < 4.78 is 0. The van der Waals surface area contributed by atoms with Gasteiger partial charge in [0.2, 0.25) is 0 Å². The van der Waals surface area contributed by atoms with Crippen molar-refractivity contribution in [1.29, 1.82) is 0 Å². The molecule has 4 fully saturated rings. The molecule has 0 aliphatic heterocycles. The molecule has 1 aromatic heterocycles. The lowest BCUT2D eigenvalue weighted by Gasteiger charge is -2.66. The minimum atomic E-state index is -0.207. The first-order chi connectivity index (χ1) is 9.80. The van der Waals surface area contributed by atoms with Gasteiger partial charge < -0.3 is 5.11 Å². The molecule has 3 heteroatoms. The first-order valence-corrected chi connectivity index (χ1v) is 9.27. The molecule has 21 heavy (non-hydrogen) atoms. The van der Waals surface area contributed by atoms with Crippen LogP contribution < -0.4 is 0 Å². The Balaban J connectivity index is 1.61. The molecule has 1 N–H and O–H groups in total. The van der Waals surface area contributed by atoms with Gasteiger partial charge in [-0.2, -0.15) is 0 Å². The van der Waals surface area contributed by atoms with Gasteiger partial charge in [0.1, 0.15) is 0 Å². The molecule has 1 aromatic rings. The second-order valence-corrected chi connectivity index (χ2v) is 10.1. The van der Waals surface area contributed by atoms with Crippen LogP contribution >= 0.6 is 11.3 Å². The smallest absolute Gasteiger partial charge is 0.0897 e. The fourth-order valence-electron chi connectivity index (χ4n) is 6.82. The molecule has 0 radical (unpaired) electrons. The number of hydrogen-bond acceptors (Lipinski definition) is 3. The highest BCUT2D eigenvalue weighted by Gasteiger charge is 2.61. The Morgan fingerprint density at radius 2 is 1.90 bits per heavy atom. The van der Waals surface area contributed by atoms with Crippen molar-refractivity contribution in [3.8, 4) is 0 Å². The van der Waals surface area contributed by atoms with E-state index in [4.69, 9.17) is 0 Å². The van der Waals surface area contributed by atoms with E-state index in [0.29, 0.717) is 10.8 Å². The van der Waals surface area contributed by atoms with Crippen molar-refractivity contribution < 1.29 is 5.11 Å². The summed E-state index contributed by atoms with van der Waals surface area (Å²) in [5.41, 5.74) is 2.22. The van der Waals surface area contributed by atoms with Gasteiger partial charge in [0.15, 0.2) is 0 Å². The maximum atomic E-state index is 11.1. The standard InChI is InChI=1S/C18H27NOS/c1-12-19-14(8-21-12)4-15(20)18-7-13-5-16(2,10-18)9-17(3,6-13)11-18/h8,13,15,20H,4-7,9-11H2,1-3H3. The summed E-state index contributed by atoms with van der Waals surface area (Å²) in [6.45, 7) is 7.00. The average molecular weight is 305 g/mol. The van der Waals surface area contributed by atoms with Gasteiger partial charge in [-0.25, -0.2) is 4.98 Å². The second-order valence-electron chi connectivity index (χ2n) is 9.07. The molecule has 4 saturated carbocycles. The van der Waals surface area contributed by atoms with E-state index in [9.17, 15) is 5.11 Å². The van der Waals surface area contributed by atoms with Crippen molar-refractivity contribution in [3.05, 3.63) is 16.1 Å². The lowest BCUT2D eigenvalue weighted by molar-refractivity contribution is -0.185. The zero-order chi connectivity index (χ0) is 14.9. The van der Waals surface area contributed by atoms with Crippen LogP contribution in [0.3, 0.4) is 0 Å². The van der Waals surface area contributed by atoms with Crippen molar-refractivity contribution in [2.75, 3.05) is 0 Å². The molecule has 4 aliphatic rings. The Kier molecular flexibility index (Phi) is 2.92. The molecular formula is C18H27NOS. The van der Waals surface area contributed by atoms with Crippen molar-refractivity contribution in [2.24, 2.45) is 22.2 Å². The predicted molar refractivity (Wildman–Crippen MR) is 86.4 cm³/mol. The van der Waals surface area contributed by atoms with Gasteiger partial charge in [-0.15, -0.1) is 11.3 Å². The fraction of sp³-hybridized carbons (Fsp3) is 0.833. The summed E-state index contributed by atoms with van der Waals surface area (Å²) in [5, 5.41) is 14.3. The number of aliphatic hydroxyl groups excluding tert-OH is 1. The highest BCUT2D eigenvalue weighted by Crippen LogP contribution is 2.70. The van der Waals surface area contributed by atoms with E-state index in [2.05, 4.69) is 24.2 Å². The highest BCUT2D eigenvalue weighted by atomic mass is 32.1. The maximum Gasteiger partial charge on any atom is 0.0897 e. The van der Waals surface area contributed by atoms with Crippen LogP contribution in [0.4, 0.5) is 0 Å². The third kappa shape index (κ3) is 2.28. The highest BCUT2D eigenvalue weighted by molar-refractivity contribution is 7.09. The number of nitrogens with zero attached hydrogens (tertiary/aromatic N) is 1. The van der Waals surface area contributed by atoms with E-state index in [1.165, 1.54) is 38.5 Å². The Hall–Kier alpha value is -0.410. The van der Waals surface area contributed by atoms with Gasteiger partial charge in [-0.05, 0) is 67.6 Å². The van der Waals surface area contributed by atoms with E-state index in [-0.39, 0.29) is 11.5 Å². The first kappa shape index (κ1) is 14.2. The van der Waals surface area contributed by atoms with Gasteiger partial charge in [-0.1, -0.05) is 13.8 Å². The number of thiazole rings is 1. The predicted octanol–water partition coefficient (Wildman–Crippen LogP) is 4.35. The number of aliphatic hydroxyl groups is 1. The van der Waals surface area contributed by atoms with E-state index in [1.54, 1.807) is 11.3 Å². The third-order valence-electron chi connectivity index (χ3n) is 6.45. The summed E-state index contributed by atoms with van der Waals surface area (Å²) in [5.74, 6) is 0.850. The van der Waals surface area contributed by atoms with E-state index < -0.39 is 0 Å². The fourth-order valence-corrected chi connectivity index (χ4v) is 7.45. The number of aromatic nitrogens is 1. The minimum absolute atomic E-state index is 0.167. The van der Waals surface area contributed by atoms with Crippen molar-refractivity contribution >= 4 is 11.3 Å². The van der Waals surface area contributed by atoms with Gasteiger partial charge >= 0.3 is 0 Å². The second kappa shape index (κ2) is 4.32. The van der Waals surface area contributed by atoms with Crippen molar-refractivity contribution in [2.45, 2.75) is 71.8 Å². The largest absolute Gasteiger partial charge is 0.392 e. The normalized spacial score (nSPS) is 46.0. The molecule has 0 aromatic carbocycles. The summed E-state index contributed by atoms with van der Waals surface area (Å²) >= 11 is 1.70. The molecule has 3 atom stereocenters. The number of aryl methyl sites for hydroxylation is 1. The van der Waals surface area contributed by atoms with Gasteiger partial charge in [0, 0.05) is 11.8 Å². The Morgan fingerprint density at radius 3 is 2.43 bits per heavy atom. The summed E-state index contributed by atoms with van der Waals surface area (Å²) in [4.78, 5) is 4.57. The van der Waals surface area contributed by atoms with Gasteiger partial charge in [0.05, 0.1) is 16.8 Å². The van der Waals surface area contributed by atoms with Crippen LogP contribution in [0.1, 0.15) is 63.1 Å². The number of hydrogen-bond donors (Lipinski definition) is 1. The summed E-state index contributed by atoms with van der Waals surface area (Å²) in [6, 6.07) is 0. The molecule has 3 unspecified atom stereocenters. The molecule has 2 nitrogen and oxygen atoms in total. The lowest BCUT2D eigenvalue weighted by atomic mass is 9.39. The van der Waals surface area contributed by atoms with Crippen molar-refractivity contribution in [1.82, 2.24) is 4.98 Å². The van der Waals surface area contributed by atoms with E-state index in [0.717, 1.165) is 23.0 Å². The average Bonchev–Trinajstić information content (AvgIpc) is 2.69. The summed E-state index contributed by atoms with van der Waals surface area (Å²) in [7, 11) is 0. The van der Waals surface area contributed by atoms with Crippen LogP contribution in [-0.4, -0.2) is 16.2 Å². The maximum absolute atomic E-state index is 11.1. The molecule has 116 valence electrons. The van der Waals surface area contributed by atoms with E-state index in [1.807, 2.05) is 6.92 Å². The molecular weight excluding hydrogens is 278 g/mol. The molecule has 0 saturated heterocycles. The Bertz CT molecular complexity index is 547. The Morgan fingerprint density at radius 1 is 1.24 bits per heavy atom. The van der Waals surface area contributed by atoms with Gasteiger partial charge in [-0.3, -0.25) is 0 Å². The topological polar surface area (TPSA) is 33.1 Å². The van der Waals surface area contributed by atoms with Crippen LogP contribution in [0.5, 0.6) is 0 Å². The first-order valence-electron chi connectivity index (χ1n) is 8.39. The molecule has 4 bridgehead atoms. The quantitative estimate of drug-likeness (QED) is 0.900. The lowest BCUT2D eigenvalue weighted by Crippen LogP contribution is -2.59. The molecule has 0 spiro atoms. The Labute approximate surface area is 132 Å². The van der Waals surface area contributed by atoms with Crippen LogP contribution in [-0.2, 0) is 6.42 Å². The zero-order valence-corrected chi connectivity index (χ0v) is 14.3. The molecule has 5 rings (SSSR count).